The first-order valence-electron chi connectivity index (χ1n) is 8.35. The van der Waals surface area contributed by atoms with E-state index < -0.39 is 10.0 Å². The van der Waals surface area contributed by atoms with Crippen LogP contribution in [0.1, 0.15) is 27.7 Å². The first kappa shape index (κ1) is 16.9. The average molecular weight is 377 g/mol. The Morgan fingerprint density at radius 2 is 2.04 bits per heavy atom. The molecular formula is C18H20N2O3S2. The highest BCUT2D eigenvalue weighted by molar-refractivity contribution is 7.89. The third-order valence-electron chi connectivity index (χ3n) is 5.06. The summed E-state index contributed by atoms with van der Waals surface area (Å²) in [5.74, 6) is -0.126. The molecular weight excluding hydrogens is 356 g/mol. The van der Waals surface area contributed by atoms with Gasteiger partial charge >= 0.3 is 0 Å². The number of carbonyl (C=O) groups excluding carboxylic acids is 1. The van der Waals surface area contributed by atoms with E-state index in [1.54, 1.807) is 18.2 Å². The molecule has 0 N–H and O–H groups in total. The van der Waals surface area contributed by atoms with Crippen LogP contribution in [0.15, 0.2) is 40.6 Å². The van der Waals surface area contributed by atoms with Crippen LogP contribution < -0.4 is 0 Å². The molecule has 0 atom stereocenters. The standard InChI is InChI=1S/C18H20N2O3S2/c1-13(21)14-3-2-4-17(9-14)25(22,23)20-11-16(12-20)19-7-5-18-15(10-19)6-8-24-18/h2-4,6,8-9,16H,5,7,10-12H2,1H3. The molecule has 2 aromatic rings. The van der Waals surface area contributed by atoms with Gasteiger partial charge in [0.2, 0.25) is 10.0 Å². The van der Waals surface area contributed by atoms with E-state index in [0.717, 1.165) is 19.5 Å². The van der Waals surface area contributed by atoms with E-state index in [4.69, 9.17) is 0 Å². The Morgan fingerprint density at radius 3 is 2.80 bits per heavy atom. The van der Waals surface area contributed by atoms with Gasteiger partial charge < -0.3 is 0 Å². The van der Waals surface area contributed by atoms with E-state index in [0.29, 0.717) is 18.7 Å². The Morgan fingerprint density at radius 1 is 1.24 bits per heavy atom. The van der Waals surface area contributed by atoms with Crippen LogP contribution in [0.4, 0.5) is 0 Å². The van der Waals surface area contributed by atoms with Crippen LogP contribution in [0.2, 0.25) is 0 Å². The maximum absolute atomic E-state index is 12.8. The zero-order valence-electron chi connectivity index (χ0n) is 14.0. The summed E-state index contributed by atoms with van der Waals surface area (Å²) < 4.78 is 27.1. The summed E-state index contributed by atoms with van der Waals surface area (Å²) in [7, 11) is -3.52. The summed E-state index contributed by atoms with van der Waals surface area (Å²) in [5, 5.41) is 2.13. The van der Waals surface area contributed by atoms with Crippen molar-refractivity contribution >= 4 is 27.1 Å². The number of sulfonamides is 1. The Hall–Kier alpha value is -1.54. The van der Waals surface area contributed by atoms with Gasteiger partial charge in [-0.1, -0.05) is 12.1 Å². The zero-order valence-corrected chi connectivity index (χ0v) is 15.6. The summed E-state index contributed by atoms with van der Waals surface area (Å²) in [4.78, 5) is 15.5. The van der Waals surface area contributed by atoms with Crippen molar-refractivity contribution in [3.63, 3.8) is 0 Å². The van der Waals surface area contributed by atoms with E-state index in [1.807, 2.05) is 11.3 Å². The number of carbonyl (C=O) groups is 1. The van der Waals surface area contributed by atoms with E-state index in [-0.39, 0.29) is 16.7 Å². The maximum atomic E-state index is 12.8. The van der Waals surface area contributed by atoms with Gasteiger partial charge in [-0.2, -0.15) is 4.31 Å². The summed E-state index contributed by atoms with van der Waals surface area (Å²) in [6.45, 7) is 4.39. The molecule has 5 nitrogen and oxygen atoms in total. The second-order valence-corrected chi connectivity index (χ2v) is 9.59. The molecule has 0 unspecified atom stereocenters. The molecule has 2 aliphatic heterocycles. The summed E-state index contributed by atoms with van der Waals surface area (Å²) in [5.41, 5.74) is 1.81. The van der Waals surface area contributed by atoms with Crippen molar-refractivity contribution in [2.24, 2.45) is 0 Å². The predicted molar refractivity (Wildman–Crippen MR) is 97.4 cm³/mol. The molecule has 0 spiro atoms. The Balaban J connectivity index is 1.45. The fraction of sp³-hybridized carbons (Fsp3) is 0.389. The van der Waals surface area contributed by atoms with Gasteiger partial charge in [0, 0.05) is 42.7 Å². The first-order chi connectivity index (χ1) is 11.9. The minimum atomic E-state index is -3.52. The smallest absolute Gasteiger partial charge is 0.243 e. The van der Waals surface area contributed by atoms with Gasteiger partial charge in [0.05, 0.1) is 4.90 Å². The quantitative estimate of drug-likeness (QED) is 0.769. The molecule has 7 heteroatoms. The molecule has 0 aliphatic carbocycles. The van der Waals surface area contributed by atoms with Crippen molar-refractivity contribution in [3.8, 4) is 0 Å². The van der Waals surface area contributed by atoms with Gasteiger partial charge in [0.1, 0.15) is 0 Å². The van der Waals surface area contributed by atoms with E-state index in [2.05, 4.69) is 16.3 Å². The molecule has 25 heavy (non-hydrogen) atoms. The van der Waals surface area contributed by atoms with E-state index >= 15 is 0 Å². The highest BCUT2D eigenvalue weighted by Gasteiger charge is 2.40. The lowest BCUT2D eigenvalue weighted by Gasteiger charge is -2.45. The number of Topliss-reactive ketones (excluding diaryl/α,β-unsaturated/α-hetero) is 1. The van der Waals surface area contributed by atoms with Crippen LogP contribution in [-0.2, 0) is 23.0 Å². The number of hydrogen-bond donors (Lipinski definition) is 0. The summed E-state index contributed by atoms with van der Waals surface area (Å²) in [6.07, 6.45) is 1.05. The van der Waals surface area contributed by atoms with Crippen LogP contribution in [0.3, 0.4) is 0 Å². The summed E-state index contributed by atoms with van der Waals surface area (Å²) in [6, 6.07) is 8.76. The van der Waals surface area contributed by atoms with Gasteiger partial charge in [0.15, 0.2) is 5.78 Å². The van der Waals surface area contributed by atoms with E-state index in [1.165, 1.54) is 27.7 Å². The fourth-order valence-electron chi connectivity index (χ4n) is 3.45. The third-order valence-corrected chi connectivity index (χ3v) is 7.91. The second-order valence-electron chi connectivity index (χ2n) is 6.65. The Bertz CT molecular complexity index is 914. The van der Waals surface area contributed by atoms with Gasteiger partial charge in [-0.3, -0.25) is 9.69 Å². The van der Waals surface area contributed by atoms with Crippen LogP contribution in [-0.4, -0.2) is 49.1 Å². The van der Waals surface area contributed by atoms with Crippen molar-refractivity contribution in [2.45, 2.75) is 30.8 Å². The minimum absolute atomic E-state index is 0.126. The molecule has 0 radical (unpaired) electrons. The normalized spacial score (nSPS) is 19.4. The first-order valence-corrected chi connectivity index (χ1v) is 10.7. The van der Waals surface area contributed by atoms with Crippen LogP contribution >= 0.6 is 11.3 Å². The van der Waals surface area contributed by atoms with Crippen LogP contribution in [0.25, 0.3) is 0 Å². The number of benzene rings is 1. The minimum Gasteiger partial charge on any atom is -0.295 e. The summed E-state index contributed by atoms with van der Waals surface area (Å²) >= 11 is 1.81. The Labute approximate surface area is 151 Å². The average Bonchev–Trinajstić information content (AvgIpc) is 3.01. The largest absolute Gasteiger partial charge is 0.295 e. The van der Waals surface area contributed by atoms with Crippen molar-refractivity contribution in [2.75, 3.05) is 19.6 Å². The van der Waals surface area contributed by atoms with Crippen molar-refractivity contribution in [3.05, 3.63) is 51.7 Å². The van der Waals surface area contributed by atoms with Crippen molar-refractivity contribution in [1.82, 2.24) is 9.21 Å². The van der Waals surface area contributed by atoms with E-state index in [9.17, 15) is 13.2 Å². The molecule has 1 saturated heterocycles. The molecule has 2 aliphatic rings. The van der Waals surface area contributed by atoms with Gasteiger partial charge in [-0.25, -0.2) is 8.42 Å². The van der Waals surface area contributed by atoms with Gasteiger partial charge in [0.25, 0.3) is 0 Å². The number of fused-ring (bicyclic) bond motifs is 1. The van der Waals surface area contributed by atoms with Crippen molar-refractivity contribution < 1.29 is 13.2 Å². The molecule has 1 aromatic heterocycles. The fourth-order valence-corrected chi connectivity index (χ4v) is 5.90. The van der Waals surface area contributed by atoms with Gasteiger partial charge in [-0.05, 0) is 42.5 Å². The molecule has 1 aromatic carbocycles. The number of rotatable bonds is 4. The lowest BCUT2D eigenvalue weighted by molar-refractivity contribution is 0.0775. The Kier molecular flexibility index (Phi) is 4.27. The van der Waals surface area contributed by atoms with Gasteiger partial charge in [-0.15, -0.1) is 11.3 Å². The lowest BCUT2D eigenvalue weighted by Crippen LogP contribution is -2.61. The monoisotopic (exact) mass is 376 g/mol. The molecule has 0 bridgehead atoms. The third kappa shape index (κ3) is 3.06. The molecule has 3 heterocycles. The molecule has 132 valence electrons. The predicted octanol–water partition coefficient (Wildman–Crippen LogP) is 2.38. The highest BCUT2D eigenvalue weighted by atomic mass is 32.2. The molecule has 1 fully saturated rings. The lowest BCUT2D eigenvalue weighted by atomic mass is 10.0. The second kappa shape index (κ2) is 6.32. The topological polar surface area (TPSA) is 57.7 Å². The van der Waals surface area contributed by atoms with Crippen LogP contribution in [0, 0.1) is 0 Å². The molecule has 4 rings (SSSR count). The van der Waals surface area contributed by atoms with Crippen molar-refractivity contribution in [1.29, 1.82) is 0 Å². The number of nitrogens with zero attached hydrogens (tertiary/aromatic N) is 2. The zero-order chi connectivity index (χ0) is 17.6. The molecule has 0 saturated carbocycles. The SMILES string of the molecule is CC(=O)c1cccc(S(=O)(=O)N2CC(N3CCc4sccc4C3)C2)c1. The van der Waals surface area contributed by atoms with Crippen LogP contribution in [0.5, 0.6) is 0 Å². The molecule has 0 amide bonds. The number of ketones is 1. The number of thiophene rings is 1. The highest BCUT2D eigenvalue weighted by Crippen LogP contribution is 2.30. The maximum Gasteiger partial charge on any atom is 0.243 e. The number of hydrogen-bond acceptors (Lipinski definition) is 5.